The van der Waals surface area contributed by atoms with Crippen LogP contribution in [-0.2, 0) is 11.2 Å². The van der Waals surface area contributed by atoms with Crippen molar-refractivity contribution >= 4 is 5.52 Å². The Morgan fingerprint density at radius 3 is 2.55 bits per heavy atom. The van der Waals surface area contributed by atoms with E-state index in [1.54, 1.807) is 50.0 Å². The summed E-state index contributed by atoms with van der Waals surface area (Å²) in [5.41, 5.74) is 9.37. The number of ether oxygens (including phenoxy) is 2. The van der Waals surface area contributed by atoms with Gasteiger partial charge in [-0.2, -0.15) is 5.10 Å². The number of fused-ring (bicyclic) bond motifs is 1. The van der Waals surface area contributed by atoms with Gasteiger partial charge in [-0.1, -0.05) is 6.92 Å². The van der Waals surface area contributed by atoms with Crippen LogP contribution in [0.2, 0.25) is 0 Å². The fraction of sp³-hybridized carbons (Fsp3) is 0.414. The number of nitrogens with two attached hydrogens (primary N) is 1. The van der Waals surface area contributed by atoms with Gasteiger partial charge in [-0.25, -0.2) is 18.3 Å². The molecule has 0 bridgehead atoms. The second kappa shape index (κ2) is 10.7. The maximum atomic E-state index is 15.0. The molecule has 1 saturated carbocycles. The van der Waals surface area contributed by atoms with Crippen molar-refractivity contribution in [3.8, 4) is 17.0 Å². The van der Waals surface area contributed by atoms with Crippen molar-refractivity contribution in [1.29, 1.82) is 0 Å². The van der Waals surface area contributed by atoms with Gasteiger partial charge in [-0.05, 0) is 67.9 Å². The van der Waals surface area contributed by atoms with Gasteiger partial charge in [-0.15, -0.1) is 0 Å². The molecule has 0 aliphatic heterocycles. The van der Waals surface area contributed by atoms with Crippen molar-refractivity contribution in [3.05, 3.63) is 77.5 Å². The fourth-order valence-corrected chi connectivity index (χ4v) is 5.70. The van der Waals surface area contributed by atoms with E-state index in [2.05, 4.69) is 22.0 Å². The Morgan fingerprint density at radius 1 is 1.11 bits per heavy atom. The molecular weight excluding hydrogens is 488 g/mol. The summed E-state index contributed by atoms with van der Waals surface area (Å²) in [5, 5.41) is 4.58. The Morgan fingerprint density at radius 2 is 1.87 bits per heavy atom. The van der Waals surface area contributed by atoms with E-state index in [0.717, 1.165) is 23.9 Å². The van der Waals surface area contributed by atoms with Gasteiger partial charge in [0.25, 0.3) is 0 Å². The van der Waals surface area contributed by atoms with Crippen LogP contribution < -0.4 is 10.5 Å². The minimum Gasteiger partial charge on any atom is -0.491 e. The number of hydrogen-bond acceptors (Lipinski definition) is 6. The number of aromatic nitrogens is 4. The number of halogens is 2. The molecule has 0 amide bonds. The highest BCUT2D eigenvalue weighted by Gasteiger charge is 2.35. The van der Waals surface area contributed by atoms with Crippen molar-refractivity contribution in [2.75, 3.05) is 7.11 Å². The highest BCUT2D eigenvalue weighted by molar-refractivity contribution is 5.64. The van der Waals surface area contributed by atoms with E-state index in [4.69, 9.17) is 15.2 Å². The predicted molar refractivity (Wildman–Crippen MR) is 141 cm³/mol. The number of methoxy groups -OCH3 is 1. The van der Waals surface area contributed by atoms with Gasteiger partial charge in [0.05, 0.1) is 35.2 Å². The molecule has 4 atom stereocenters. The van der Waals surface area contributed by atoms with E-state index in [1.807, 2.05) is 12.3 Å². The van der Waals surface area contributed by atoms with Gasteiger partial charge in [0.1, 0.15) is 23.2 Å². The first-order valence-corrected chi connectivity index (χ1v) is 13.0. The van der Waals surface area contributed by atoms with Crippen LogP contribution in [-0.4, -0.2) is 44.9 Å². The molecule has 0 radical (unpaired) electrons. The lowest BCUT2D eigenvalue weighted by atomic mass is 9.74. The Hall–Kier alpha value is -3.43. The van der Waals surface area contributed by atoms with Crippen LogP contribution in [0.25, 0.3) is 16.8 Å². The van der Waals surface area contributed by atoms with Crippen LogP contribution in [0, 0.1) is 17.6 Å². The van der Waals surface area contributed by atoms with Crippen molar-refractivity contribution in [2.24, 2.45) is 11.7 Å². The summed E-state index contributed by atoms with van der Waals surface area (Å²) in [6.45, 7) is 5.77. The third kappa shape index (κ3) is 5.13. The number of rotatable bonds is 7. The summed E-state index contributed by atoms with van der Waals surface area (Å²) in [7, 11) is 1.72. The average molecular weight is 522 g/mol. The zero-order valence-corrected chi connectivity index (χ0v) is 22.1. The SMILES string of the molecule is CO[C@H]1[C@H](N)C[C@H](c2ccncc2Cc2ncc3ccc(-c4c(F)cc(OC(C)C)cc4F)nn23)C[C@@H]1C. The Bertz CT molecular complexity index is 1400. The first-order valence-electron chi connectivity index (χ1n) is 13.0. The monoisotopic (exact) mass is 521 g/mol. The smallest absolute Gasteiger partial charge is 0.139 e. The molecule has 200 valence electrons. The van der Waals surface area contributed by atoms with Gasteiger partial charge in [-0.3, -0.25) is 4.98 Å². The Labute approximate surface area is 221 Å². The molecular formula is C29H33F2N5O2. The standard InChI is InChI=1S/C29H33F2N5O2/c1-16(2)38-21-12-23(30)28(24(31)13-21)26-6-5-20-15-34-27(36(20)35-26)11-19-14-33-8-7-22(19)18-9-17(3)29(37-4)25(32)10-18/h5-8,12-18,25,29H,9-11,32H2,1-4H3/t17-,18+,25+,29+/m0/s1. The molecule has 9 heteroatoms. The summed E-state index contributed by atoms with van der Waals surface area (Å²) in [4.78, 5) is 8.94. The van der Waals surface area contributed by atoms with Gasteiger partial charge >= 0.3 is 0 Å². The lowest BCUT2D eigenvalue weighted by Crippen LogP contribution is -2.45. The molecule has 1 fully saturated rings. The molecule has 3 aromatic heterocycles. The van der Waals surface area contributed by atoms with Crippen LogP contribution in [0.3, 0.4) is 0 Å². The van der Waals surface area contributed by atoms with Crippen LogP contribution in [0.1, 0.15) is 56.5 Å². The van der Waals surface area contributed by atoms with Crippen LogP contribution >= 0.6 is 0 Å². The molecule has 1 aliphatic carbocycles. The highest BCUT2D eigenvalue weighted by Crippen LogP contribution is 2.38. The second-order valence-electron chi connectivity index (χ2n) is 10.4. The quantitative estimate of drug-likeness (QED) is 0.355. The van der Waals surface area contributed by atoms with Crippen molar-refractivity contribution in [1.82, 2.24) is 19.6 Å². The second-order valence-corrected chi connectivity index (χ2v) is 10.4. The van der Waals surface area contributed by atoms with Gasteiger partial charge in [0.2, 0.25) is 0 Å². The molecule has 1 aliphatic rings. The van der Waals surface area contributed by atoms with Crippen molar-refractivity contribution in [2.45, 2.75) is 64.2 Å². The largest absolute Gasteiger partial charge is 0.491 e. The van der Waals surface area contributed by atoms with E-state index in [-0.39, 0.29) is 41.2 Å². The van der Waals surface area contributed by atoms with Gasteiger partial charge in [0, 0.05) is 44.1 Å². The summed E-state index contributed by atoms with van der Waals surface area (Å²) >= 11 is 0. The maximum absolute atomic E-state index is 15.0. The minimum absolute atomic E-state index is 0.0437. The average Bonchev–Trinajstić information content (AvgIpc) is 3.25. The number of pyridine rings is 1. The van der Waals surface area contributed by atoms with Crippen molar-refractivity contribution in [3.63, 3.8) is 0 Å². The zero-order valence-electron chi connectivity index (χ0n) is 22.1. The summed E-state index contributed by atoms with van der Waals surface area (Å²) in [6, 6.07) is 7.72. The van der Waals surface area contributed by atoms with Gasteiger partial charge in [0.15, 0.2) is 0 Å². The number of benzene rings is 1. The maximum Gasteiger partial charge on any atom is 0.139 e. The molecule has 0 saturated heterocycles. The van der Waals surface area contributed by atoms with Crippen LogP contribution in [0.4, 0.5) is 8.78 Å². The van der Waals surface area contributed by atoms with E-state index in [1.165, 1.54) is 17.7 Å². The molecule has 5 rings (SSSR count). The topological polar surface area (TPSA) is 87.6 Å². The first-order chi connectivity index (χ1) is 18.2. The normalized spacial score (nSPS) is 21.8. The van der Waals surface area contributed by atoms with Crippen LogP contribution in [0.5, 0.6) is 5.75 Å². The third-order valence-corrected chi connectivity index (χ3v) is 7.30. The lowest BCUT2D eigenvalue weighted by Gasteiger charge is -2.38. The minimum atomic E-state index is -0.735. The Balaban J connectivity index is 1.47. The molecule has 4 aromatic rings. The molecule has 38 heavy (non-hydrogen) atoms. The Kier molecular flexibility index (Phi) is 7.40. The third-order valence-electron chi connectivity index (χ3n) is 7.30. The molecule has 3 heterocycles. The van der Waals surface area contributed by atoms with Gasteiger partial charge < -0.3 is 15.2 Å². The molecule has 0 spiro atoms. The van der Waals surface area contributed by atoms with Crippen LogP contribution in [0.15, 0.2) is 48.9 Å². The number of hydrogen-bond donors (Lipinski definition) is 1. The highest BCUT2D eigenvalue weighted by atomic mass is 19.1. The number of imidazole rings is 1. The van der Waals surface area contributed by atoms with E-state index < -0.39 is 11.6 Å². The molecule has 0 unspecified atom stereocenters. The predicted octanol–water partition coefficient (Wildman–Crippen LogP) is 5.30. The fourth-order valence-electron chi connectivity index (χ4n) is 5.70. The van der Waals surface area contributed by atoms with E-state index >= 15 is 0 Å². The molecule has 1 aromatic carbocycles. The van der Waals surface area contributed by atoms with E-state index in [0.29, 0.717) is 18.2 Å². The first kappa shape index (κ1) is 26.2. The summed E-state index contributed by atoms with van der Waals surface area (Å²) in [5.74, 6) is -0.0793. The summed E-state index contributed by atoms with van der Waals surface area (Å²) < 4.78 is 42.7. The number of nitrogens with zero attached hydrogens (tertiary/aromatic N) is 4. The molecule has 7 nitrogen and oxygen atoms in total. The zero-order chi connectivity index (χ0) is 27.0. The van der Waals surface area contributed by atoms with Crippen molar-refractivity contribution < 1.29 is 18.3 Å². The molecule has 2 N–H and O–H groups in total. The lowest BCUT2D eigenvalue weighted by molar-refractivity contribution is 0.00970. The van der Waals surface area contributed by atoms with E-state index in [9.17, 15) is 8.78 Å². The summed E-state index contributed by atoms with van der Waals surface area (Å²) in [6.07, 6.45) is 7.45.